The first-order valence-corrected chi connectivity index (χ1v) is 5.91. The normalized spacial score (nSPS) is 12.3. The molecule has 2 N–H and O–H groups in total. The Morgan fingerprint density at radius 2 is 2.13 bits per heavy atom. The van der Waals surface area contributed by atoms with Crippen LogP contribution in [0.1, 0.15) is 5.56 Å². The molecule has 3 nitrogen and oxygen atoms in total. The third kappa shape index (κ3) is 4.36. The molecule has 1 aromatic carbocycles. The van der Waals surface area contributed by atoms with Gasteiger partial charge in [0.1, 0.15) is 6.04 Å². The summed E-state index contributed by atoms with van der Waals surface area (Å²) in [6.45, 7) is 0. The summed E-state index contributed by atoms with van der Waals surface area (Å²) in [6, 6.07) is 9.58. The van der Waals surface area contributed by atoms with Crippen LogP contribution < -0.4 is 5.32 Å². The highest BCUT2D eigenvalue weighted by atomic mass is 32.2. The topological polar surface area (TPSA) is 49.3 Å². The van der Waals surface area contributed by atoms with Crippen LogP contribution in [0.25, 0.3) is 0 Å². The average Bonchev–Trinajstić information content (AvgIpc) is 2.25. The third-order valence-corrected chi connectivity index (χ3v) is 3.15. The molecule has 0 fully saturated rings. The third-order valence-electron chi connectivity index (χ3n) is 2.04. The SMILES string of the molecule is CNC(CSCc1ccccc1)C(=O)O. The van der Waals surface area contributed by atoms with E-state index in [0.29, 0.717) is 5.75 Å². The molecule has 0 amide bonds. The maximum atomic E-state index is 10.7. The van der Waals surface area contributed by atoms with E-state index in [2.05, 4.69) is 5.32 Å². The van der Waals surface area contributed by atoms with Crippen molar-refractivity contribution in [1.82, 2.24) is 5.32 Å². The van der Waals surface area contributed by atoms with E-state index in [9.17, 15) is 4.79 Å². The Morgan fingerprint density at radius 1 is 1.47 bits per heavy atom. The minimum atomic E-state index is -0.793. The maximum Gasteiger partial charge on any atom is 0.321 e. The quantitative estimate of drug-likeness (QED) is 0.772. The molecule has 1 unspecified atom stereocenters. The standard InChI is InChI=1S/C11H15NO2S/c1-12-10(11(13)14)8-15-7-9-5-3-2-4-6-9/h2-6,10,12H,7-8H2,1H3,(H,13,14). The number of nitrogens with one attached hydrogen (secondary N) is 1. The van der Waals surface area contributed by atoms with Gasteiger partial charge in [-0.25, -0.2) is 0 Å². The lowest BCUT2D eigenvalue weighted by molar-refractivity contribution is -0.138. The highest BCUT2D eigenvalue weighted by Crippen LogP contribution is 2.12. The Balaban J connectivity index is 2.30. The van der Waals surface area contributed by atoms with Gasteiger partial charge in [-0.2, -0.15) is 11.8 Å². The van der Waals surface area contributed by atoms with Crippen LogP contribution in [0.2, 0.25) is 0 Å². The summed E-state index contributed by atoms with van der Waals surface area (Å²) in [7, 11) is 1.67. The second-order valence-corrected chi connectivity index (χ2v) is 4.21. The summed E-state index contributed by atoms with van der Waals surface area (Å²) in [6.07, 6.45) is 0. The van der Waals surface area contributed by atoms with Crippen molar-refractivity contribution in [3.63, 3.8) is 0 Å². The van der Waals surface area contributed by atoms with Crippen molar-refractivity contribution in [3.05, 3.63) is 35.9 Å². The number of carboxylic acid groups (broad SMARTS) is 1. The Kier molecular flexibility index (Phi) is 5.21. The minimum Gasteiger partial charge on any atom is -0.480 e. The summed E-state index contributed by atoms with van der Waals surface area (Å²) in [5.74, 6) is 0.644. The lowest BCUT2D eigenvalue weighted by Crippen LogP contribution is -2.36. The molecule has 1 rings (SSSR count). The van der Waals surface area contributed by atoms with E-state index in [1.54, 1.807) is 18.8 Å². The van der Waals surface area contributed by atoms with Gasteiger partial charge in [-0.05, 0) is 12.6 Å². The van der Waals surface area contributed by atoms with Gasteiger partial charge in [0.15, 0.2) is 0 Å². The van der Waals surface area contributed by atoms with Crippen molar-refractivity contribution in [1.29, 1.82) is 0 Å². The zero-order chi connectivity index (χ0) is 11.1. The van der Waals surface area contributed by atoms with Crippen molar-refractivity contribution in [2.75, 3.05) is 12.8 Å². The van der Waals surface area contributed by atoms with Crippen LogP contribution in [0.4, 0.5) is 0 Å². The highest BCUT2D eigenvalue weighted by Gasteiger charge is 2.13. The van der Waals surface area contributed by atoms with Crippen molar-refractivity contribution < 1.29 is 9.90 Å². The van der Waals surface area contributed by atoms with Gasteiger partial charge in [-0.3, -0.25) is 4.79 Å². The molecule has 4 heteroatoms. The number of aliphatic carboxylic acids is 1. The number of hydrogen-bond acceptors (Lipinski definition) is 3. The van der Waals surface area contributed by atoms with E-state index < -0.39 is 12.0 Å². The smallest absolute Gasteiger partial charge is 0.321 e. The summed E-state index contributed by atoms with van der Waals surface area (Å²) in [5.41, 5.74) is 1.22. The van der Waals surface area contributed by atoms with Gasteiger partial charge in [0.25, 0.3) is 0 Å². The predicted octanol–water partition coefficient (Wildman–Crippen LogP) is 1.59. The maximum absolute atomic E-state index is 10.7. The molecular weight excluding hydrogens is 210 g/mol. The molecule has 0 aromatic heterocycles. The van der Waals surface area contributed by atoms with Crippen LogP contribution >= 0.6 is 11.8 Å². The highest BCUT2D eigenvalue weighted by molar-refractivity contribution is 7.98. The molecular formula is C11H15NO2S. The van der Waals surface area contributed by atoms with Crippen molar-refractivity contribution in [2.24, 2.45) is 0 Å². The molecule has 1 atom stereocenters. The number of thioether (sulfide) groups is 1. The average molecular weight is 225 g/mol. The number of rotatable bonds is 6. The van der Waals surface area contributed by atoms with Gasteiger partial charge in [0.2, 0.25) is 0 Å². The van der Waals surface area contributed by atoms with Gasteiger partial charge in [0, 0.05) is 11.5 Å². The second-order valence-electron chi connectivity index (χ2n) is 3.18. The molecule has 0 aliphatic rings. The molecule has 0 bridgehead atoms. The lowest BCUT2D eigenvalue weighted by atomic mass is 10.2. The second kappa shape index (κ2) is 6.48. The van der Waals surface area contributed by atoms with E-state index in [4.69, 9.17) is 5.11 Å². The van der Waals surface area contributed by atoms with Crippen LogP contribution in [0.3, 0.4) is 0 Å². The van der Waals surface area contributed by atoms with Crippen molar-refractivity contribution in [3.8, 4) is 0 Å². The van der Waals surface area contributed by atoms with Gasteiger partial charge >= 0.3 is 5.97 Å². The summed E-state index contributed by atoms with van der Waals surface area (Å²) in [5, 5.41) is 11.6. The summed E-state index contributed by atoms with van der Waals surface area (Å²) >= 11 is 1.62. The number of carboxylic acids is 1. The molecule has 1 aromatic rings. The number of carbonyl (C=O) groups is 1. The summed E-state index contributed by atoms with van der Waals surface area (Å²) in [4.78, 5) is 10.7. The van der Waals surface area contributed by atoms with Gasteiger partial charge in [0.05, 0.1) is 0 Å². The summed E-state index contributed by atoms with van der Waals surface area (Å²) < 4.78 is 0. The Hall–Kier alpha value is -1.00. The van der Waals surface area contributed by atoms with E-state index in [1.807, 2.05) is 30.3 Å². The molecule has 0 heterocycles. The van der Waals surface area contributed by atoms with Crippen LogP contribution in [0.5, 0.6) is 0 Å². The van der Waals surface area contributed by atoms with Crippen LogP contribution in [0.15, 0.2) is 30.3 Å². The van der Waals surface area contributed by atoms with E-state index in [1.165, 1.54) is 5.56 Å². The molecule has 82 valence electrons. The first-order valence-electron chi connectivity index (χ1n) is 4.75. The molecule has 0 saturated heterocycles. The van der Waals surface area contributed by atoms with E-state index >= 15 is 0 Å². The largest absolute Gasteiger partial charge is 0.480 e. The fourth-order valence-electron chi connectivity index (χ4n) is 1.15. The fourth-order valence-corrected chi connectivity index (χ4v) is 2.24. The van der Waals surface area contributed by atoms with Crippen LogP contribution in [0, 0.1) is 0 Å². The first-order chi connectivity index (χ1) is 7.24. The first kappa shape index (κ1) is 12.1. The van der Waals surface area contributed by atoms with E-state index in [0.717, 1.165) is 5.75 Å². The molecule has 0 spiro atoms. The molecule has 15 heavy (non-hydrogen) atoms. The predicted molar refractivity (Wildman–Crippen MR) is 63.1 cm³/mol. The van der Waals surface area contributed by atoms with Gasteiger partial charge < -0.3 is 10.4 Å². The molecule has 0 aliphatic carbocycles. The van der Waals surface area contributed by atoms with Crippen molar-refractivity contribution >= 4 is 17.7 Å². The van der Waals surface area contributed by atoms with Crippen LogP contribution in [-0.2, 0) is 10.5 Å². The van der Waals surface area contributed by atoms with Gasteiger partial charge in [-0.1, -0.05) is 30.3 Å². The lowest BCUT2D eigenvalue weighted by Gasteiger charge is -2.10. The molecule has 0 saturated carbocycles. The molecule has 0 aliphatic heterocycles. The Bertz CT molecular complexity index is 303. The van der Waals surface area contributed by atoms with E-state index in [-0.39, 0.29) is 0 Å². The Morgan fingerprint density at radius 3 is 2.67 bits per heavy atom. The van der Waals surface area contributed by atoms with Crippen molar-refractivity contribution in [2.45, 2.75) is 11.8 Å². The minimum absolute atomic E-state index is 0.460. The number of hydrogen-bond donors (Lipinski definition) is 2. The fraction of sp³-hybridized carbons (Fsp3) is 0.364. The monoisotopic (exact) mass is 225 g/mol. The molecule has 0 radical (unpaired) electrons. The van der Waals surface area contributed by atoms with Crippen LogP contribution in [-0.4, -0.2) is 29.9 Å². The zero-order valence-electron chi connectivity index (χ0n) is 8.64. The number of benzene rings is 1. The van der Waals surface area contributed by atoms with Gasteiger partial charge in [-0.15, -0.1) is 0 Å². The number of likely N-dealkylation sites (N-methyl/N-ethyl adjacent to an activating group) is 1. The zero-order valence-corrected chi connectivity index (χ0v) is 9.46. The Labute approximate surface area is 93.9 Å².